The van der Waals surface area contributed by atoms with Crippen LogP contribution in [0.2, 0.25) is 0 Å². The standard InChI is InChI=1S/C14H20N2O3.H2/c17-13(18)9-4-2-1-3-6-11-16-14(19)12-8-5-7-10-15-12;/h5,7-8,10H,1-4,6,9,11H2,(H,16,19)(H,17,18);1H. The zero-order valence-corrected chi connectivity index (χ0v) is 11.0. The molecule has 0 aliphatic rings. The van der Waals surface area contributed by atoms with Crippen LogP contribution >= 0.6 is 0 Å². The number of amides is 1. The molecule has 0 unspecified atom stereocenters. The number of carboxylic acid groups (broad SMARTS) is 1. The molecule has 0 aliphatic carbocycles. The summed E-state index contributed by atoms with van der Waals surface area (Å²) in [5, 5.41) is 11.3. The first-order valence-electron chi connectivity index (χ1n) is 6.61. The van der Waals surface area contributed by atoms with E-state index in [2.05, 4.69) is 10.3 Å². The molecule has 1 aromatic rings. The van der Waals surface area contributed by atoms with Crippen molar-refractivity contribution in [3.63, 3.8) is 0 Å². The average molecular weight is 266 g/mol. The van der Waals surface area contributed by atoms with Gasteiger partial charge in [0.1, 0.15) is 5.69 Å². The number of aliphatic carboxylic acids is 1. The van der Waals surface area contributed by atoms with Crippen molar-refractivity contribution in [2.45, 2.75) is 38.5 Å². The van der Waals surface area contributed by atoms with E-state index in [4.69, 9.17) is 5.11 Å². The summed E-state index contributed by atoms with van der Waals surface area (Å²) in [4.78, 5) is 25.9. The topological polar surface area (TPSA) is 79.3 Å². The molecule has 0 spiro atoms. The first-order chi connectivity index (χ1) is 9.20. The number of carbonyl (C=O) groups is 2. The lowest BCUT2D eigenvalue weighted by atomic mass is 10.1. The normalized spacial score (nSPS) is 10.1. The van der Waals surface area contributed by atoms with Gasteiger partial charge in [0, 0.05) is 20.6 Å². The summed E-state index contributed by atoms with van der Waals surface area (Å²) in [6.45, 7) is 0.633. The molecule has 106 valence electrons. The van der Waals surface area contributed by atoms with Crippen molar-refractivity contribution in [2.75, 3.05) is 6.54 Å². The van der Waals surface area contributed by atoms with Gasteiger partial charge < -0.3 is 10.4 Å². The van der Waals surface area contributed by atoms with Crippen LogP contribution in [-0.4, -0.2) is 28.5 Å². The van der Waals surface area contributed by atoms with Crippen LogP contribution in [0.25, 0.3) is 0 Å². The van der Waals surface area contributed by atoms with Gasteiger partial charge in [0.2, 0.25) is 0 Å². The molecule has 0 bridgehead atoms. The van der Waals surface area contributed by atoms with Crippen molar-refractivity contribution in [1.29, 1.82) is 0 Å². The molecular formula is C14H22N2O3. The van der Waals surface area contributed by atoms with Crippen LogP contribution in [0, 0.1) is 0 Å². The van der Waals surface area contributed by atoms with Crippen LogP contribution in [0.4, 0.5) is 0 Å². The van der Waals surface area contributed by atoms with Gasteiger partial charge in [-0.2, -0.15) is 0 Å². The van der Waals surface area contributed by atoms with Crippen LogP contribution in [0.15, 0.2) is 24.4 Å². The van der Waals surface area contributed by atoms with Gasteiger partial charge in [0.15, 0.2) is 0 Å². The van der Waals surface area contributed by atoms with Crippen molar-refractivity contribution < 1.29 is 16.1 Å². The lowest BCUT2D eigenvalue weighted by Crippen LogP contribution is -2.25. The molecule has 0 radical (unpaired) electrons. The van der Waals surface area contributed by atoms with Crippen molar-refractivity contribution in [3.05, 3.63) is 30.1 Å². The van der Waals surface area contributed by atoms with Crippen LogP contribution in [0.5, 0.6) is 0 Å². The molecule has 1 aromatic heterocycles. The Morgan fingerprint density at radius 2 is 1.89 bits per heavy atom. The summed E-state index contributed by atoms with van der Waals surface area (Å²) in [6.07, 6.45) is 6.42. The van der Waals surface area contributed by atoms with Gasteiger partial charge in [0.05, 0.1) is 0 Å². The number of hydrogen-bond donors (Lipinski definition) is 2. The summed E-state index contributed by atoms with van der Waals surface area (Å²) >= 11 is 0. The van der Waals surface area contributed by atoms with Crippen molar-refractivity contribution in [1.82, 2.24) is 10.3 Å². The lowest BCUT2D eigenvalue weighted by molar-refractivity contribution is -0.137. The molecular weight excluding hydrogens is 244 g/mol. The fourth-order valence-electron chi connectivity index (χ4n) is 1.72. The number of nitrogens with one attached hydrogen (secondary N) is 1. The van der Waals surface area contributed by atoms with Gasteiger partial charge in [0.25, 0.3) is 5.91 Å². The highest BCUT2D eigenvalue weighted by atomic mass is 16.4. The third kappa shape index (κ3) is 7.18. The number of carbonyl (C=O) groups excluding carboxylic acids is 1. The van der Waals surface area contributed by atoms with E-state index in [1.54, 1.807) is 24.4 Å². The number of pyridine rings is 1. The van der Waals surface area contributed by atoms with Gasteiger partial charge in [-0.1, -0.05) is 25.3 Å². The second-order valence-corrected chi connectivity index (χ2v) is 4.38. The first kappa shape index (κ1) is 15.1. The molecule has 1 heterocycles. The Morgan fingerprint density at radius 3 is 2.58 bits per heavy atom. The minimum Gasteiger partial charge on any atom is -0.481 e. The zero-order chi connectivity index (χ0) is 13.9. The minimum atomic E-state index is -0.734. The summed E-state index contributed by atoms with van der Waals surface area (Å²) < 4.78 is 0. The number of unbranched alkanes of at least 4 members (excludes halogenated alkanes) is 4. The average Bonchev–Trinajstić information content (AvgIpc) is 2.42. The fraction of sp³-hybridized carbons (Fsp3) is 0.500. The zero-order valence-electron chi connectivity index (χ0n) is 11.0. The van der Waals surface area contributed by atoms with Crippen molar-refractivity contribution in [3.8, 4) is 0 Å². The van der Waals surface area contributed by atoms with E-state index in [0.717, 1.165) is 32.1 Å². The monoisotopic (exact) mass is 266 g/mol. The highest BCUT2D eigenvalue weighted by molar-refractivity contribution is 5.92. The quantitative estimate of drug-likeness (QED) is 0.673. The van der Waals surface area contributed by atoms with Gasteiger partial charge >= 0.3 is 5.97 Å². The van der Waals surface area contributed by atoms with Crippen LogP contribution in [-0.2, 0) is 4.79 Å². The van der Waals surface area contributed by atoms with Crippen molar-refractivity contribution >= 4 is 11.9 Å². The SMILES string of the molecule is O=C(O)CCCCCCCNC(=O)c1ccccn1.[HH]. The molecule has 1 rings (SSSR count). The third-order valence-electron chi connectivity index (χ3n) is 2.75. The summed E-state index contributed by atoms with van der Waals surface area (Å²) in [7, 11) is 0. The van der Waals surface area contributed by atoms with Crippen molar-refractivity contribution in [2.24, 2.45) is 0 Å². The van der Waals surface area contributed by atoms with E-state index < -0.39 is 5.97 Å². The number of rotatable bonds is 9. The maximum Gasteiger partial charge on any atom is 0.303 e. The van der Waals surface area contributed by atoms with Gasteiger partial charge in [-0.25, -0.2) is 0 Å². The Labute approximate surface area is 114 Å². The van der Waals surface area contributed by atoms with E-state index >= 15 is 0 Å². The number of nitrogens with zero attached hydrogens (tertiary/aromatic N) is 1. The van der Waals surface area contributed by atoms with Gasteiger partial charge in [-0.3, -0.25) is 14.6 Å². The third-order valence-corrected chi connectivity index (χ3v) is 2.75. The largest absolute Gasteiger partial charge is 0.481 e. The van der Waals surface area contributed by atoms with Crippen LogP contribution < -0.4 is 5.32 Å². The molecule has 0 fully saturated rings. The Hall–Kier alpha value is -1.91. The maximum atomic E-state index is 11.6. The smallest absolute Gasteiger partial charge is 0.303 e. The van der Waals surface area contributed by atoms with Gasteiger partial charge in [-0.15, -0.1) is 0 Å². The predicted molar refractivity (Wildman–Crippen MR) is 74.0 cm³/mol. The van der Waals surface area contributed by atoms with E-state index in [1.165, 1.54) is 0 Å². The van der Waals surface area contributed by atoms with E-state index in [0.29, 0.717) is 12.2 Å². The van der Waals surface area contributed by atoms with Crippen LogP contribution in [0.3, 0.4) is 0 Å². The lowest BCUT2D eigenvalue weighted by Gasteiger charge is -2.04. The second kappa shape index (κ2) is 9.08. The highest BCUT2D eigenvalue weighted by Crippen LogP contribution is 2.05. The summed E-state index contributed by atoms with van der Waals surface area (Å²) in [6, 6.07) is 5.24. The van der Waals surface area contributed by atoms with E-state index in [-0.39, 0.29) is 13.8 Å². The molecule has 0 aliphatic heterocycles. The van der Waals surface area contributed by atoms with E-state index in [9.17, 15) is 9.59 Å². The number of hydrogen-bond acceptors (Lipinski definition) is 3. The molecule has 1 amide bonds. The second-order valence-electron chi connectivity index (χ2n) is 4.38. The summed E-state index contributed by atoms with van der Waals surface area (Å²) in [5.41, 5.74) is 0.434. The number of carboxylic acids is 1. The molecule has 0 saturated heterocycles. The molecule has 5 heteroatoms. The first-order valence-corrected chi connectivity index (χ1v) is 6.61. The molecule has 0 saturated carbocycles. The molecule has 0 aromatic carbocycles. The van der Waals surface area contributed by atoms with Crippen LogP contribution in [0.1, 0.15) is 50.4 Å². The predicted octanol–water partition coefficient (Wildman–Crippen LogP) is 2.48. The van der Waals surface area contributed by atoms with Gasteiger partial charge in [-0.05, 0) is 25.0 Å². The van der Waals surface area contributed by atoms with E-state index in [1.807, 2.05) is 0 Å². The number of aromatic nitrogens is 1. The molecule has 0 atom stereocenters. The summed E-state index contributed by atoms with van der Waals surface area (Å²) in [5.74, 6) is -0.880. The fourth-order valence-corrected chi connectivity index (χ4v) is 1.72. The minimum absolute atomic E-state index is 0. The maximum absolute atomic E-state index is 11.6. The Balaban J connectivity index is 0.00000361. The Morgan fingerprint density at radius 1 is 1.16 bits per heavy atom. The highest BCUT2D eigenvalue weighted by Gasteiger charge is 2.04. The Bertz CT molecular complexity index is 399. The molecule has 19 heavy (non-hydrogen) atoms. The Kier molecular flexibility index (Phi) is 7.24. The molecule has 2 N–H and O–H groups in total. The molecule has 5 nitrogen and oxygen atoms in total.